The van der Waals surface area contributed by atoms with Crippen LogP contribution in [-0.2, 0) is 0 Å². The first-order valence-corrected chi connectivity index (χ1v) is 12.0. The van der Waals surface area contributed by atoms with Gasteiger partial charge in [-0.25, -0.2) is 43.9 Å². The standard InChI is InChI=1S/C30H8F10N6/c31-19-4-15(20(32)3-13(19)6-42)12(5-41)1-11(16(8-44)22-29(39)25(35)18(10-46)26(36)30(22)40)2-14(7-43)21-27(37)23(33)17(9-45)24(34)28(21)38/h1-4,11,16,18,25H/b12-1-,14-2+. The van der Waals surface area contributed by atoms with E-state index in [1.807, 2.05) is 0 Å². The molecule has 0 aromatic heterocycles. The van der Waals surface area contributed by atoms with Crippen LogP contribution in [0.25, 0.3) is 11.1 Å². The van der Waals surface area contributed by atoms with Gasteiger partial charge in [0, 0.05) is 17.1 Å². The molecule has 1 aliphatic carbocycles. The van der Waals surface area contributed by atoms with Crippen molar-refractivity contribution in [1.29, 1.82) is 31.6 Å². The molecule has 0 N–H and O–H groups in total. The summed E-state index contributed by atoms with van der Waals surface area (Å²) in [5.74, 6) is -26.6. The minimum absolute atomic E-state index is 0.171. The van der Waals surface area contributed by atoms with Crippen molar-refractivity contribution in [3.63, 3.8) is 0 Å². The van der Waals surface area contributed by atoms with Gasteiger partial charge in [-0.1, -0.05) is 12.2 Å². The maximum absolute atomic E-state index is 15.1. The fraction of sp³-hybridized carbons (Fsp3) is 0.133. The van der Waals surface area contributed by atoms with Crippen molar-refractivity contribution in [2.24, 2.45) is 17.8 Å². The molecule has 4 atom stereocenters. The summed E-state index contributed by atoms with van der Waals surface area (Å²) in [5.41, 5.74) is -9.74. The lowest BCUT2D eigenvalue weighted by molar-refractivity contribution is 0.243. The summed E-state index contributed by atoms with van der Waals surface area (Å²) in [4.78, 5) is 0. The molecule has 2 aromatic rings. The van der Waals surface area contributed by atoms with E-state index in [2.05, 4.69) is 0 Å². The van der Waals surface area contributed by atoms with Crippen LogP contribution in [-0.4, -0.2) is 6.17 Å². The van der Waals surface area contributed by atoms with Crippen molar-refractivity contribution >= 4 is 11.1 Å². The lowest BCUT2D eigenvalue weighted by Crippen LogP contribution is -2.27. The second kappa shape index (κ2) is 13.5. The molecule has 6 nitrogen and oxygen atoms in total. The number of halogens is 10. The summed E-state index contributed by atoms with van der Waals surface area (Å²) in [6.45, 7) is 0. The van der Waals surface area contributed by atoms with E-state index in [0.717, 1.165) is 18.2 Å². The molecule has 0 bridgehead atoms. The number of hydrogen-bond acceptors (Lipinski definition) is 6. The van der Waals surface area contributed by atoms with Crippen molar-refractivity contribution in [3.05, 3.63) is 104 Å². The average Bonchev–Trinajstić information content (AvgIpc) is 3.04. The molecule has 16 heteroatoms. The molecule has 2 aromatic carbocycles. The van der Waals surface area contributed by atoms with Crippen LogP contribution in [0.1, 0.15) is 22.3 Å². The van der Waals surface area contributed by atoms with E-state index in [4.69, 9.17) is 15.8 Å². The number of alkyl halides is 1. The summed E-state index contributed by atoms with van der Waals surface area (Å²) in [6, 6.07) is 7.30. The number of nitriles is 6. The van der Waals surface area contributed by atoms with Gasteiger partial charge in [0.1, 0.15) is 41.1 Å². The molecule has 0 radical (unpaired) electrons. The molecule has 46 heavy (non-hydrogen) atoms. The van der Waals surface area contributed by atoms with E-state index in [1.54, 1.807) is 0 Å². The minimum atomic E-state index is -3.23. The summed E-state index contributed by atoms with van der Waals surface area (Å²) in [5, 5.41) is 55.9. The molecule has 4 unspecified atom stereocenters. The molecular formula is C30H8F10N6. The first-order valence-electron chi connectivity index (χ1n) is 12.0. The first-order chi connectivity index (χ1) is 21.7. The Morgan fingerprint density at radius 2 is 1.26 bits per heavy atom. The molecule has 0 fully saturated rings. The molecule has 1 aliphatic rings. The zero-order chi connectivity index (χ0) is 34.6. The molecule has 0 heterocycles. The van der Waals surface area contributed by atoms with Crippen LogP contribution in [0.4, 0.5) is 43.9 Å². The topological polar surface area (TPSA) is 143 Å². The van der Waals surface area contributed by atoms with E-state index >= 15 is 8.78 Å². The second-order valence-electron chi connectivity index (χ2n) is 9.04. The molecule has 0 saturated carbocycles. The third kappa shape index (κ3) is 5.76. The van der Waals surface area contributed by atoms with E-state index < -0.39 is 115 Å². The van der Waals surface area contributed by atoms with Crippen molar-refractivity contribution in [2.75, 3.05) is 0 Å². The average molecular weight is 642 g/mol. The Balaban J connectivity index is 2.48. The van der Waals surface area contributed by atoms with Gasteiger partial charge >= 0.3 is 0 Å². The van der Waals surface area contributed by atoms with Crippen molar-refractivity contribution in [3.8, 4) is 36.4 Å². The predicted octanol–water partition coefficient (Wildman–Crippen LogP) is 7.40. The molecule has 0 aliphatic heterocycles. The molecule has 0 saturated heterocycles. The SMILES string of the molecule is N#C/C(=C\C(/C=C(/C#N)c1cc(F)c(C#N)cc1F)C(C#N)C1=C(F)C(F)C(C#N)C(F)=C1F)c1c(F)c(F)c(C#N)c(F)c1F. The maximum Gasteiger partial charge on any atom is 0.180 e. The second-order valence-corrected chi connectivity index (χ2v) is 9.04. The van der Waals surface area contributed by atoms with Gasteiger partial charge in [-0.15, -0.1) is 0 Å². The van der Waals surface area contributed by atoms with Crippen LogP contribution in [0.3, 0.4) is 0 Å². The predicted molar refractivity (Wildman–Crippen MR) is 133 cm³/mol. The minimum Gasteiger partial charge on any atom is -0.238 e. The van der Waals surface area contributed by atoms with E-state index in [1.165, 1.54) is 18.2 Å². The fourth-order valence-corrected chi connectivity index (χ4v) is 4.34. The van der Waals surface area contributed by atoms with Gasteiger partial charge in [-0.05, 0) is 12.1 Å². The van der Waals surface area contributed by atoms with Crippen molar-refractivity contribution in [2.45, 2.75) is 6.17 Å². The van der Waals surface area contributed by atoms with Crippen LogP contribution in [0.5, 0.6) is 0 Å². The zero-order valence-corrected chi connectivity index (χ0v) is 22.1. The Labute approximate surface area is 251 Å². The number of allylic oxidation sites excluding steroid dienone is 8. The molecule has 0 amide bonds. The van der Waals surface area contributed by atoms with Gasteiger partial charge in [-0.2, -0.15) is 31.6 Å². The number of hydrogen-bond donors (Lipinski definition) is 0. The summed E-state index contributed by atoms with van der Waals surface area (Å²) >= 11 is 0. The smallest absolute Gasteiger partial charge is 0.180 e. The molecule has 0 spiro atoms. The Hall–Kier alpha value is -6.36. The van der Waals surface area contributed by atoms with Gasteiger partial charge in [0.15, 0.2) is 41.1 Å². The number of nitrogens with zero attached hydrogens (tertiary/aromatic N) is 6. The zero-order valence-electron chi connectivity index (χ0n) is 22.1. The van der Waals surface area contributed by atoms with Gasteiger partial charge < -0.3 is 0 Å². The van der Waals surface area contributed by atoms with E-state index in [-0.39, 0.29) is 12.1 Å². The van der Waals surface area contributed by atoms with Crippen molar-refractivity contribution in [1.82, 2.24) is 0 Å². The quantitative estimate of drug-likeness (QED) is 0.183. The third-order valence-corrected chi connectivity index (χ3v) is 6.56. The van der Waals surface area contributed by atoms with Gasteiger partial charge in [0.25, 0.3) is 0 Å². The van der Waals surface area contributed by atoms with Crippen LogP contribution in [0.2, 0.25) is 0 Å². The highest BCUT2D eigenvalue weighted by Crippen LogP contribution is 2.45. The van der Waals surface area contributed by atoms with Crippen molar-refractivity contribution < 1.29 is 43.9 Å². The largest absolute Gasteiger partial charge is 0.238 e. The summed E-state index contributed by atoms with van der Waals surface area (Å²) in [7, 11) is 0. The summed E-state index contributed by atoms with van der Waals surface area (Å²) in [6.07, 6.45) is -2.71. The number of benzene rings is 2. The monoisotopic (exact) mass is 642 g/mol. The van der Waals surface area contributed by atoms with E-state index in [9.17, 15) is 50.9 Å². The van der Waals surface area contributed by atoms with Crippen LogP contribution in [0, 0.1) is 121 Å². The fourth-order valence-electron chi connectivity index (χ4n) is 4.34. The molecular weight excluding hydrogens is 634 g/mol. The third-order valence-electron chi connectivity index (χ3n) is 6.56. The first kappa shape index (κ1) is 34.1. The lowest BCUT2D eigenvalue weighted by Gasteiger charge is -2.26. The summed E-state index contributed by atoms with van der Waals surface area (Å²) < 4.78 is 147. The molecule has 228 valence electrons. The Morgan fingerprint density at radius 1 is 0.696 bits per heavy atom. The van der Waals surface area contributed by atoms with Gasteiger partial charge in [0.2, 0.25) is 0 Å². The van der Waals surface area contributed by atoms with Crippen LogP contribution in [0.15, 0.2) is 47.3 Å². The Bertz CT molecular complexity index is 2030. The van der Waals surface area contributed by atoms with Gasteiger partial charge in [0.05, 0.1) is 52.5 Å². The highest BCUT2D eigenvalue weighted by Gasteiger charge is 2.44. The van der Waals surface area contributed by atoms with Crippen LogP contribution < -0.4 is 0 Å². The van der Waals surface area contributed by atoms with Gasteiger partial charge in [-0.3, -0.25) is 0 Å². The Morgan fingerprint density at radius 3 is 1.74 bits per heavy atom. The van der Waals surface area contributed by atoms with Crippen LogP contribution >= 0.6 is 0 Å². The maximum atomic E-state index is 15.1. The van der Waals surface area contributed by atoms with E-state index in [0.29, 0.717) is 12.1 Å². The molecule has 3 rings (SSSR count). The highest BCUT2D eigenvalue weighted by atomic mass is 19.2. The number of rotatable bonds is 6. The highest BCUT2D eigenvalue weighted by molar-refractivity contribution is 5.81. The Kier molecular flexibility index (Phi) is 10.0. The lowest BCUT2D eigenvalue weighted by atomic mass is 9.78. The normalized spacial score (nSPS) is 18.0.